The molecule has 1 saturated carbocycles. The molecular formula is C29H53O31P2S2-7. The van der Waals surface area contributed by atoms with E-state index in [9.17, 15) is 59.9 Å². The Bertz CT molecular complexity index is 1400. The van der Waals surface area contributed by atoms with E-state index in [2.05, 4.69) is 27.3 Å². The third kappa shape index (κ3) is 33.8. The molecule has 0 spiro atoms. The zero-order valence-corrected chi connectivity index (χ0v) is 37.8. The molecule has 0 aromatic heterocycles. The zero-order valence-electron chi connectivity index (χ0n) is 34.4. The lowest BCUT2D eigenvalue weighted by molar-refractivity contribution is -0.807. The largest absolute Gasteiger partial charge is 0.790 e. The van der Waals surface area contributed by atoms with Gasteiger partial charge in [0.05, 0.1) is 161 Å². The van der Waals surface area contributed by atoms with E-state index in [1.165, 1.54) is 0 Å². The number of hydrogen-bond acceptors (Lipinski definition) is 31. The molecule has 0 heterocycles. The Labute approximate surface area is 369 Å². The minimum absolute atomic E-state index is 0.0541. The summed E-state index contributed by atoms with van der Waals surface area (Å²) in [6, 6.07) is 0. The summed E-state index contributed by atoms with van der Waals surface area (Å²) < 4.78 is 172. The van der Waals surface area contributed by atoms with Crippen molar-refractivity contribution < 1.29 is 144 Å². The fourth-order valence-corrected chi connectivity index (χ4v) is 7.02. The van der Waals surface area contributed by atoms with Crippen LogP contribution in [0.25, 0.3) is 0 Å². The molecule has 0 radical (unpaired) electrons. The first-order valence-electron chi connectivity index (χ1n) is 18.8. The van der Waals surface area contributed by atoms with E-state index >= 15 is 0 Å². The molecule has 384 valence electrons. The van der Waals surface area contributed by atoms with Crippen molar-refractivity contribution in [3.05, 3.63) is 0 Å². The van der Waals surface area contributed by atoms with Gasteiger partial charge in [-0.05, 0) is 0 Å². The molecule has 1 aliphatic carbocycles. The first-order chi connectivity index (χ1) is 30.3. The van der Waals surface area contributed by atoms with Crippen LogP contribution < -0.4 is 24.8 Å². The van der Waals surface area contributed by atoms with Crippen molar-refractivity contribution >= 4 is 36.4 Å². The Morgan fingerprint density at radius 2 is 0.641 bits per heavy atom. The van der Waals surface area contributed by atoms with Crippen LogP contribution in [0.3, 0.4) is 0 Å². The van der Waals surface area contributed by atoms with Gasteiger partial charge in [0.1, 0.15) is 30.5 Å². The lowest BCUT2D eigenvalue weighted by Crippen LogP contribution is -2.68. The first kappa shape index (κ1) is 61.4. The van der Waals surface area contributed by atoms with Gasteiger partial charge in [-0.25, -0.2) is 21.7 Å². The van der Waals surface area contributed by atoms with Crippen molar-refractivity contribution in [3.8, 4) is 0 Å². The average molecular weight is 1020 g/mol. The van der Waals surface area contributed by atoms with Gasteiger partial charge in [0.25, 0.3) is 0 Å². The first-order valence-corrected chi connectivity index (χ1v) is 24.4. The van der Waals surface area contributed by atoms with E-state index in [0.717, 1.165) is 0 Å². The van der Waals surface area contributed by atoms with Gasteiger partial charge in [-0.2, -0.15) is 0 Å². The van der Waals surface area contributed by atoms with Crippen LogP contribution in [0.15, 0.2) is 0 Å². The molecule has 64 heavy (non-hydrogen) atoms. The predicted molar refractivity (Wildman–Crippen MR) is 190 cm³/mol. The average Bonchev–Trinajstić information content (AvgIpc) is 3.18. The van der Waals surface area contributed by atoms with Crippen LogP contribution in [0.5, 0.6) is 0 Å². The van der Waals surface area contributed by atoms with Gasteiger partial charge in [0.2, 0.25) is 20.8 Å². The van der Waals surface area contributed by atoms with Gasteiger partial charge in [-0.15, -0.1) is 0 Å². The predicted octanol–water partition coefficient (Wildman–Crippen LogP) is -7.09. The summed E-state index contributed by atoms with van der Waals surface area (Å²) in [5, 5.41) is 13.8. The van der Waals surface area contributed by atoms with E-state index in [1.807, 2.05) is 0 Å². The van der Waals surface area contributed by atoms with Crippen molar-refractivity contribution in [2.24, 2.45) is 0 Å². The molecule has 1 fully saturated rings. The summed E-state index contributed by atoms with van der Waals surface area (Å²) in [6.45, 7) is 5.21. The molecule has 0 aliphatic heterocycles. The Morgan fingerprint density at radius 1 is 0.391 bits per heavy atom. The highest BCUT2D eigenvalue weighted by molar-refractivity contribution is 7.81. The van der Waals surface area contributed by atoms with Crippen LogP contribution in [0, 0.1) is 0 Å². The maximum absolute atomic E-state index is 11.5. The number of ether oxygens (including phenoxy) is 12. The van der Waals surface area contributed by atoms with Gasteiger partial charge >= 0.3 is 0 Å². The maximum Gasteiger partial charge on any atom is 0.218 e. The van der Waals surface area contributed by atoms with Gasteiger partial charge in [0.15, 0.2) is 6.10 Å². The van der Waals surface area contributed by atoms with E-state index in [0.29, 0.717) is 92.5 Å². The lowest BCUT2D eigenvalue weighted by atomic mass is 9.85. The van der Waals surface area contributed by atoms with Crippen LogP contribution in [-0.2, 0) is 114 Å². The van der Waals surface area contributed by atoms with Crippen LogP contribution in [0.4, 0.5) is 0 Å². The van der Waals surface area contributed by atoms with Crippen LogP contribution in [0.2, 0.25) is 0 Å². The normalized spacial score (nSPS) is 21.2. The molecule has 0 amide bonds. The number of rotatable bonds is 44. The highest BCUT2D eigenvalue weighted by atomic mass is 32.3. The summed E-state index contributed by atoms with van der Waals surface area (Å²) in [5.41, 5.74) is 0. The fraction of sp³-hybridized carbons (Fsp3) is 1.00. The fourth-order valence-electron chi connectivity index (χ4n) is 4.96. The van der Waals surface area contributed by atoms with Gasteiger partial charge in [-0.1, -0.05) is 0 Å². The Morgan fingerprint density at radius 3 is 0.859 bits per heavy atom. The van der Waals surface area contributed by atoms with Gasteiger partial charge in [0, 0.05) is 7.11 Å². The summed E-state index contributed by atoms with van der Waals surface area (Å²) in [5.74, 6) is 0. The molecule has 4 unspecified atom stereocenters. The van der Waals surface area contributed by atoms with Crippen molar-refractivity contribution in [1.82, 2.24) is 0 Å². The Hall–Kier alpha value is -0.640. The summed E-state index contributed by atoms with van der Waals surface area (Å²) in [4.78, 5) is 49.9. The van der Waals surface area contributed by atoms with E-state index in [-0.39, 0.29) is 39.6 Å². The zero-order chi connectivity index (χ0) is 47.7. The van der Waals surface area contributed by atoms with Crippen LogP contribution in [-0.4, -0.2) is 215 Å². The second-order valence-corrected chi connectivity index (χ2v) is 16.3. The molecule has 0 N–H and O–H groups in total. The molecule has 1 aliphatic rings. The minimum atomic E-state index is -6.38. The third-order valence-electron chi connectivity index (χ3n) is 7.37. The maximum atomic E-state index is 11.5. The van der Waals surface area contributed by atoms with E-state index < -0.39 is 86.3 Å². The number of hydrogen-bond donors (Lipinski definition) is 0. The summed E-state index contributed by atoms with van der Waals surface area (Å²) >= 11 is 0. The monoisotopic (exact) mass is 1020 g/mol. The smallest absolute Gasteiger partial charge is 0.218 e. The second kappa shape index (κ2) is 35.5. The number of methoxy groups -OCH3 is 1. The molecule has 0 aromatic rings. The quantitative estimate of drug-likeness (QED) is 0.0137. The van der Waals surface area contributed by atoms with Crippen LogP contribution >= 0.6 is 15.6 Å². The molecule has 6 atom stereocenters. The molecule has 35 heteroatoms. The van der Waals surface area contributed by atoms with Crippen molar-refractivity contribution in [1.29, 1.82) is 0 Å². The highest BCUT2D eigenvalue weighted by Gasteiger charge is 2.58. The summed E-state index contributed by atoms with van der Waals surface area (Å²) in [7, 11) is -23.2. The Balaban J connectivity index is 2.27. The second-order valence-electron chi connectivity index (χ2n) is 12.1. The van der Waals surface area contributed by atoms with Crippen molar-refractivity contribution in [2.45, 2.75) is 36.6 Å². The van der Waals surface area contributed by atoms with Crippen molar-refractivity contribution in [2.75, 3.05) is 152 Å². The Kier molecular flexibility index (Phi) is 34.0. The minimum Gasteiger partial charge on any atom is -0.790 e. The molecule has 0 aromatic carbocycles. The standard InChI is InChI=1S/C29H60O31P2S2/c1-43-2-3-44-4-5-45-6-7-46-8-9-47-10-11-48-12-13-49-14-15-50-16-17-51-18-19-52-20-21-53-22-23-54-24-28(58-63(37,38)39)26(56-61(31,32)33)25(55-60-30)27(57-62(34,35)36)29(24)59-64(40,41)42/h24-30H,2-23H2,1H3,(H2,31,32,33)(H2,34,35,36)(H,37,38,39)(H,40,41,42)/p-7/t24?,25?,26-,27?,28?,29-/m1/s1. The SMILES string of the molecule is COCCOCCOCCOCCOCCOCCOCCOCCOCCOCCOCCOC1C(OS(=O)(=O)[O-])[C@H](OP(=O)([O-])[O-])C(OO[O-])C(OP(=O)([O-])[O-])[C@@H]1OS(=O)(=O)[O-]. The molecule has 1 rings (SSSR count). The van der Waals surface area contributed by atoms with Crippen LogP contribution in [0.1, 0.15) is 0 Å². The topological polar surface area (TPSA) is 430 Å². The molecule has 0 saturated heterocycles. The number of phosphoric acid groups is 2. The van der Waals surface area contributed by atoms with Gasteiger partial charge < -0.3 is 109 Å². The van der Waals surface area contributed by atoms with E-state index in [1.54, 1.807) is 7.11 Å². The molecule has 31 nitrogen and oxygen atoms in total. The van der Waals surface area contributed by atoms with Crippen molar-refractivity contribution in [3.63, 3.8) is 0 Å². The van der Waals surface area contributed by atoms with Gasteiger partial charge in [-0.3, -0.25) is 13.4 Å². The molecule has 0 bridgehead atoms. The van der Waals surface area contributed by atoms with E-state index in [4.69, 9.17) is 56.8 Å². The third-order valence-corrected chi connectivity index (χ3v) is 9.29. The number of phosphoric ester groups is 2. The lowest BCUT2D eigenvalue weighted by Gasteiger charge is -2.52. The molecular weight excluding hydrogens is 970 g/mol. The highest BCUT2D eigenvalue weighted by Crippen LogP contribution is 2.43. The summed E-state index contributed by atoms with van der Waals surface area (Å²) in [6.07, 6.45) is -17.4.